The molecule has 4 nitrogen and oxygen atoms in total. The second kappa shape index (κ2) is 6.86. The van der Waals surface area contributed by atoms with Crippen LogP contribution < -0.4 is 5.32 Å². The zero-order valence-electron chi connectivity index (χ0n) is 11.9. The molecule has 116 valence electrons. The largest absolute Gasteiger partial charge is 0.443 e. The van der Waals surface area contributed by atoms with Crippen LogP contribution in [0.1, 0.15) is 5.56 Å². The van der Waals surface area contributed by atoms with Crippen LogP contribution in [0.2, 0.25) is 10.0 Å². The van der Waals surface area contributed by atoms with Crippen LogP contribution in [-0.4, -0.2) is 10.9 Å². The lowest BCUT2D eigenvalue weighted by Gasteiger charge is -2.08. The van der Waals surface area contributed by atoms with Crippen molar-refractivity contribution in [1.29, 1.82) is 0 Å². The minimum atomic E-state index is -0.129. The van der Waals surface area contributed by atoms with Crippen molar-refractivity contribution in [1.82, 2.24) is 4.98 Å². The van der Waals surface area contributed by atoms with Gasteiger partial charge in [0.15, 0.2) is 12.2 Å². The summed E-state index contributed by atoms with van der Waals surface area (Å²) < 4.78 is 5.22. The highest BCUT2D eigenvalue weighted by Gasteiger charge is 2.09. The fraction of sp³-hybridized carbons (Fsp3) is 0.0588. The summed E-state index contributed by atoms with van der Waals surface area (Å²) in [7, 11) is 0. The summed E-state index contributed by atoms with van der Waals surface area (Å²) >= 11 is 12.1. The summed E-state index contributed by atoms with van der Waals surface area (Å²) in [6.07, 6.45) is 3.19. The molecule has 23 heavy (non-hydrogen) atoms. The van der Waals surface area contributed by atoms with Gasteiger partial charge in [-0.25, -0.2) is 4.98 Å². The second-order valence-electron chi connectivity index (χ2n) is 4.91. The lowest BCUT2D eigenvalue weighted by molar-refractivity contribution is -0.115. The Kier molecular flexibility index (Phi) is 4.65. The third-order valence-electron chi connectivity index (χ3n) is 3.23. The van der Waals surface area contributed by atoms with E-state index >= 15 is 0 Å². The Morgan fingerprint density at radius 1 is 1.13 bits per heavy atom. The lowest BCUT2D eigenvalue weighted by Crippen LogP contribution is -2.14. The number of aromatic nitrogens is 1. The maximum Gasteiger partial charge on any atom is 0.228 e. The van der Waals surface area contributed by atoms with Gasteiger partial charge in [-0.1, -0.05) is 35.3 Å². The van der Waals surface area contributed by atoms with Crippen molar-refractivity contribution in [2.24, 2.45) is 0 Å². The molecular formula is C17H12Cl2N2O2. The van der Waals surface area contributed by atoms with Gasteiger partial charge in [-0.3, -0.25) is 4.79 Å². The van der Waals surface area contributed by atoms with Crippen LogP contribution in [0.5, 0.6) is 0 Å². The van der Waals surface area contributed by atoms with Gasteiger partial charge < -0.3 is 9.73 Å². The van der Waals surface area contributed by atoms with E-state index in [1.807, 2.05) is 12.1 Å². The van der Waals surface area contributed by atoms with E-state index in [-0.39, 0.29) is 12.3 Å². The number of halogens is 2. The number of nitrogens with zero attached hydrogens (tertiary/aromatic N) is 1. The van der Waals surface area contributed by atoms with Gasteiger partial charge in [0.2, 0.25) is 5.91 Å². The number of rotatable bonds is 4. The van der Waals surface area contributed by atoms with Crippen LogP contribution in [0.4, 0.5) is 5.69 Å². The standard InChI is InChI=1S/C17H12Cl2N2O2/c18-12-3-1-11(2-4-12)7-17(22)21-13-5-6-14(15(19)8-13)16-9-20-10-23-16/h1-6,8-10H,7H2,(H,21,22). The van der Waals surface area contributed by atoms with Gasteiger partial charge in [0.25, 0.3) is 0 Å². The van der Waals surface area contributed by atoms with E-state index in [1.54, 1.807) is 36.5 Å². The molecule has 0 aliphatic heterocycles. The first-order valence-electron chi connectivity index (χ1n) is 6.84. The average molecular weight is 347 g/mol. The van der Waals surface area contributed by atoms with Gasteiger partial charge >= 0.3 is 0 Å². The van der Waals surface area contributed by atoms with E-state index in [0.29, 0.717) is 21.5 Å². The van der Waals surface area contributed by atoms with Gasteiger partial charge in [0.1, 0.15) is 0 Å². The van der Waals surface area contributed by atoms with Crippen molar-refractivity contribution in [3.63, 3.8) is 0 Å². The Hall–Kier alpha value is -2.30. The number of anilines is 1. The summed E-state index contributed by atoms with van der Waals surface area (Å²) in [6.45, 7) is 0. The van der Waals surface area contributed by atoms with Crippen LogP contribution in [0.3, 0.4) is 0 Å². The fourth-order valence-corrected chi connectivity index (χ4v) is 2.53. The number of amides is 1. The van der Waals surface area contributed by atoms with Gasteiger partial charge in [-0.05, 0) is 35.9 Å². The van der Waals surface area contributed by atoms with Crippen molar-refractivity contribution in [3.05, 3.63) is 70.7 Å². The summed E-state index contributed by atoms with van der Waals surface area (Å²) in [5.74, 6) is 0.449. The molecule has 0 spiro atoms. The Labute approximate surface area is 143 Å². The molecule has 0 radical (unpaired) electrons. The number of benzene rings is 2. The molecule has 0 unspecified atom stereocenters. The van der Waals surface area contributed by atoms with Crippen molar-refractivity contribution >= 4 is 34.8 Å². The average Bonchev–Trinajstić information content (AvgIpc) is 3.04. The lowest BCUT2D eigenvalue weighted by atomic mass is 10.1. The zero-order chi connectivity index (χ0) is 16.2. The maximum absolute atomic E-state index is 12.1. The van der Waals surface area contributed by atoms with E-state index in [0.717, 1.165) is 11.1 Å². The predicted octanol–water partition coefficient (Wildman–Crippen LogP) is 4.83. The fourth-order valence-electron chi connectivity index (χ4n) is 2.13. The molecule has 3 rings (SSSR count). The van der Waals surface area contributed by atoms with Gasteiger partial charge in [0, 0.05) is 16.3 Å². The second-order valence-corrected chi connectivity index (χ2v) is 5.76. The minimum Gasteiger partial charge on any atom is -0.443 e. The van der Waals surface area contributed by atoms with Gasteiger partial charge in [-0.15, -0.1) is 0 Å². The van der Waals surface area contributed by atoms with Crippen LogP contribution in [-0.2, 0) is 11.2 Å². The molecule has 0 fully saturated rings. The topological polar surface area (TPSA) is 55.1 Å². The zero-order valence-corrected chi connectivity index (χ0v) is 13.4. The van der Waals surface area contributed by atoms with Crippen molar-refractivity contribution in [2.45, 2.75) is 6.42 Å². The molecule has 1 heterocycles. The Balaban J connectivity index is 1.69. The smallest absolute Gasteiger partial charge is 0.228 e. The molecule has 0 bridgehead atoms. The van der Waals surface area contributed by atoms with E-state index in [1.165, 1.54) is 6.39 Å². The van der Waals surface area contributed by atoms with Crippen LogP contribution in [0.25, 0.3) is 11.3 Å². The van der Waals surface area contributed by atoms with Gasteiger partial charge in [0.05, 0.1) is 17.6 Å². The highest BCUT2D eigenvalue weighted by molar-refractivity contribution is 6.33. The minimum absolute atomic E-state index is 0.129. The first-order valence-corrected chi connectivity index (χ1v) is 7.60. The monoisotopic (exact) mass is 346 g/mol. The number of carbonyl (C=O) groups excluding carboxylic acids is 1. The maximum atomic E-state index is 12.1. The molecular weight excluding hydrogens is 335 g/mol. The predicted molar refractivity (Wildman–Crippen MR) is 90.7 cm³/mol. The molecule has 0 aliphatic rings. The first kappa shape index (κ1) is 15.6. The molecule has 0 atom stereocenters. The Morgan fingerprint density at radius 2 is 1.91 bits per heavy atom. The molecule has 3 aromatic rings. The third-order valence-corrected chi connectivity index (χ3v) is 3.79. The number of carbonyl (C=O) groups is 1. The summed E-state index contributed by atoms with van der Waals surface area (Å²) in [4.78, 5) is 15.9. The Morgan fingerprint density at radius 3 is 2.57 bits per heavy atom. The number of hydrogen-bond donors (Lipinski definition) is 1. The van der Waals surface area contributed by atoms with Crippen molar-refractivity contribution in [2.75, 3.05) is 5.32 Å². The third kappa shape index (κ3) is 3.92. The molecule has 0 saturated heterocycles. The number of hydrogen-bond acceptors (Lipinski definition) is 3. The number of oxazole rings is 1. The summed E-state index contributed by atoms with van der Waals surface area (Å²) in [5.41, 5.74) is 2.23. The van der Waals surface area contributed by atoms with E-state index in [9.17, 15) is 4.79 Å². The van der Waals surface area contributed by atoms with E-state index in [2.05, 4.69) is 10.3 Å². The molecule has 0 aliphatic carbocycles. The molecule has 1 amide bonds. The van der Waals surface area contributed by atoms with Crippen LogP contribution in [0.15, 0.2) is 59.5 Å². The first-order chi connectivity index (χ1) is 11.1. The van der Waals surface area contributed by atoms with Crippen molar-refractivity contribution < 1.29 is 9.21 Å². The van der Waals surface area contributed by atoms with Crippen LogP contribution in [0, 0.1) is 0 Å². The Bertz CT molecular complexity index is 815. The molecule has 2 aromatic carbocycles. The normalized spacial score (nSPS) is 10.5. The van der Waals surface area contributed by atoms with Crippen LogP contribution >= 0.6 is 23.2 Å². The van der Waals surface area contributed by atoms with E-state index < -0.39 is 0 Å². The molecule has 6 heteroatoms. The van der Waals surface area contributed by atoms with E-state index in [4.69, 9.17) is 27.6 Å². The summed E-state index contributed by atoms with van der Waals surface area (Å²) in [5, 5.41) is 3.94. The van der Waals surface area contributed by atoms with Gasteiger partial charge in [-0.2, -0.15) is 0 Å². The highest BCUT2D eigenvalue weighted by Crippen LogP contribution is 2.30. The molecule has 1 N–H and O–H groups in total. The summed E-state index contributed by atoms with van der Waals surface area (Å²) in [6, 6.07) is 12.4. The SMILES string of the molecule is O=C(Cc1ccc(Cl)cc1)Nc1ccc(-c2cnco2)c(Cl)c1. The molecule has 1 aromatic heterocycles. The molecule has 0 saturated carbocycles. The number of nitrogens with one attached hydrogen (secondary N) is 1. The van der Waals surface area contributed by atoms with Crippen molar-refractivity contribution in [3.8, 4) is 11.3 Å². The highest BCUT2D eigenvalue weighted by atomic mass is 35.5. The quantitative estimate of drug-likeness (QED) is 0.735.